The Kier molecular flexibility index (Phi) is 7.97. The third-order valence-electron chi connectivity index (χ3n) is 6.68. The fourth-order valence-electron chi connectivity index (χ4n) is 4.64. The van der Waals surface area contributed by atoms with E-state index >= 15 is 0 Å². The lowest BCUT2D eigenvalue weighted by Gasteiger charge is -2.08. The van der Waals surface area contributed by atoms with Gasteiger partial charge in [0.2, 0.25) is 4.96 Å². The molecule has 3 aromatic heterocycles. The summed E-state index contributed by atoms with van der Waals surface area (Å²) in [5.74, 6) is 2.04. The van der Waals surface area contributed by atoms with Crippen LogP contribution in [-0.4, -0.2) is 37.6 Å². The molecule has 0 radical (unpaired) electrons. The number of rotatable bonds is 10. The van der Waals surface area contributed by atoms with Crippen LogP contribution in [0.15, 0.2) is 96.4 Å². The average Bonchev–Trinajstić information content (AvgIpc) is 3.71. The van der Waals surface area contributed by atoms with Crippen molar-refractivity contribution in [2.75, 3.05) is 13.2 Å². The normalized spacial score (nSPS) is 11.9. The first kappa shape index (κ1) is 27.9. The van der Waals surface area contributed by atoms with Gasteiger partial charge in [-0.1, -0.05) is 60.4 Å². The van der Waals surface area contributed by atoms with Gasteiger partial charge in [-0.15, -0.1) is 5.10 Å². The van der Waals surface area contributed by atoms with Gasteiger partial charge in [0, 0.05) is 17.3 Å². The van der Waals surface area contributed by atoms with Crippen LogP contribution in [0, 0.1) is 6.92 Å². The molecular weight excluding hydrogens is 558 g/mol. The number of nitrogens with zero attached hydrogens (tertiary/aromatic N) is 5. The number of hydrogen-bond acceptors (Lipinski definition) is 7. The van der Waals surface area contributed by atoms with E-state index in [-0.39, 0.29) is 5.56 Å². The lowest BCUT2D eigenvalue weighted by atomic mass is 10.0. The molecule has 43 heavy (non-hydrogen) atoms. The van der Waals surface area contributed by atoms with E-state index in [0.29, 0.717) is 28.5 Å². The number of benzene rings is 3. The zero-order valence-corrected chi connectivity index (χ0v) is 24.6. The van der Waals surface area contributed by atoms with Crippen LogP contribution in [0.2, 0.25) is 0 Å². The first-order chi connectivity index (χ1) is 21.0. The van der Waals surface area contributed by atoms with Crippen molar-refractivity contribution in [1.82, 2.24) is 24.4 Å². The second-order valence-electron chi connectivity index (χ2n) is 9.71. The van der Waals surface area contributed by atoms with Crippen molar-refractivity contribution >= 4 is 34.5 Å². The zero-order valence-electron chi connectivity index (χ0n) is 23.8. The fourth-order valence-corrected chi connectivity index (χ4v) is 5.54. The van der Waals surface area contributed by atoms with E-state index in [0.717, 1.165) is 45.1 Å². The molecule has 0 bridgehead atoms. The maximum absolute atomic E-state index is 13.4. The minimum Gasteiger partial charge on any atom is -0.494 e. The fraction of sp³-hybridized carbons (Fsp3) is 0.118. The molecule has 3 heterocycles. The summed E-state index contributed by atoms with van der Waals surface area (Å²) in [6.07, 6.45) is 9.21. The minimum absolute atomic E-state index is 0.224. The van der Waals surface area contributed by atoms with Crippen LogP contribution in [0.4, 0.5) is 0 Å². The second kappa shape index (κ2) is 12.3. The maximum Gasteiger partial charge on any atom is 0.291 e. The van der Waals surface area contributed by atoms with Gasteiger partial charge >= 0.3 is 0 Å². The van der Waals surface area contributed by atoms with Crippen LogP contribution in [0.3, 0.4) is 0 Å². The molecule has 0 aliphatic carbocycles. The van der Waals surface area contributed by atoms with E-state index in [9.17, 15) is 4.79 Å². The van der Waals surface area contributed by atoms with E-state index in [1.807, 2.05) is 110 Å². The SMILES string of the molecule is C=CCOc1ccc(/C=C/c2nc3s/c(=C\c4cn(-c5ccccc5)nc4-c4ccc(OCC)cc4C)c(=O)n3n2)cc1. The molecule has 3 aromatic carbocycles. The van der Waals surface area contributed by atoms with Gasteiger partial charge in [0.15, 0.2) is 5.82 Å². The number of aromatic nitrogens is 5. The number of fused-ring (bicyclic) bond motifs is 1. The first-order valence-corrected chi connectivity index (χ1v) is 14.7. The summed E-state index contributed by atoms with van der Waals surface area (Å²) >= 11 is 1.30. The molecule has 0 saturated heterocycles. The molecule has 214 valence electrons. The predicted octanol–water partition coefficient (Wildman–Crippen LogP) is 5.99. The van der Waals surface area contributed by atoms with Gasteiger partial charge in [0.25, 0.3) is 5.56 Å². The van der Waals surface area contributed by atoms with Crippen LogP contribution in [0.25, 0.3) is 40.1 Å². The van der Waals surface area contributed by atoms with Gasteiger partial charge in [0.1, 0.15) is 23.8 Å². The third kappa shape index (κ3) is 6.02. The van der Waals surface area contributed by atoms with Gasteiger partial charge in [-0.05, 0) is 79.6 Å². The van der Waals surface area contributed by atoms with E-state index in [1.54, 1.807) is 12.2 Å². The van der Waals surface area contributed by atoms with E-state index in [1.165, 1.54) is 15.9 Å². The van der Waals surface area contributed by atoms with E-state index < -0.39 is 0 Å². The summed E-state index contributed by atoms with van der Waals surface area (Å²) in [4.78, 5) is 18.5. The van der Waals surface area contributed by atoms with E-state index in [4.69, 9.17) is 14.6 Å². The van der Waals surface area contributed by atoms with Gasteiger partial charge in [-0.25, -0.2) is 4.68 Å². The van der Waals surface area contributed by atoms with Crippen LogP contribution in [0.1, 0.15) is 29.4 Å². The molecular formula is C34H29N5O3S. The molecule has 0 amide bonds. The molecule has 0 aliphatic heterocycles. The van der Waals surface area contributed by atoms with Crippen molar-refractivity contribution in [2.45, 2.75) is 13.8 Å². The summed E-state index contributed by atoms with van der Waals surface area (Å²) in [7, 11) is 0. The largest absolute Gasteiger partial charge is 0.494 e. The van der Waals surface area contributed by atoms with Crippen molar-refractivity contribution in [2.24, 2.45) is 0 Å². The highest BCUT2D eigenvalue weighted by atomic mass is 32.1. The Balaban J connectivity index is 1.34. The van der Waals surface area contributed by atoms with Gasteiger partial charge < -0.3 is 9.47 Å². The Hall–Kier alpha value is -5.28. The third-order valence-corrected chi connectivity index (χ3v) is 7.64. The Labute approximate surface area is 252 Å². The van der Waals surface area contributed by atoms with Crippen LogP contribution < -0.4 is 19.6 Å². The summed E-state index contributed by atoms with van der Waals surface area (Å²) in [5, 5.41) is 9.38. The Morgan fingerprint density at radius 1 is 0.953 bits per heavy atom. The Bertz CT molecular complexity index is 2040. The lowest BCUT2D eigenvalue weighted by Crippen LogP contribution is -2.23. The number of thiazole rings is 1. The smallest absolute Gasteiger partial charge is 0.291 e. The highest BCUT2D eigenvalue weighted by Gasteiger charge is 2.16. The molecule has 0 atom stereocenters. The summed E-state index contributed by atoms with van der Waals surface area (Å²) in [6.45, 7) is 8.71. The summed E-state index contributed by atoms with van der Waals surface area (Å²) in [6, 6.07) is 23.5. The maximum atomic E-state index is 13.4. The van der Waals surface area contributed by atoms with Gasteiger partial charge in [-0.3, -0.25) is 4.79 Å². The molecule has 8 nitrogen and oxygen atoms in total. The molecule has 0 unspecified atom stereocenters. The van der Waals surface area contributed by atoms with E-state index in [2.05, 4.69) is 16.7 Å². The monoisotopic (exact) mass is 587 g/mol. The van der Waals surface area contributed by atoms with Crippen molar-refractivity contribution < 1.29 is 9.47 Å². The zero-order chi connectivity index (χ0) is 29.8. The quantitative estimate of drug-likeness (QED) is 0.183. The van der Waals surface area contributed by atoms with Crippen molar-refractivity contribution in [3.8, 4) is 28.4 Å². The summed E-state index contributed by atoms with van der Waals surface area (Å²) < 4.78 is 14.9. The topological polar surface area (TPSA) is 83.5 Å². The number of para-hydroxylation sites is 1. The van der Waals surface area contributed by atoms with Crippen LogP contribution >= 0.6 is 11.3 Å². The van der Waals surface area contributed by atoms with Gasteiger partial charge in [0.05, 0.1) is 16.8 Å². The molecule has 6 aromatic rings. The molecule has 0 aliphatic rings. The van der Waals surface area contributed by atoms with Crippen LogP contribution in [0.5, 0.6) is 11.5 Å². The van der Waals surface area contributed by atoms with Crippen molar-refractivity contribution in [1.29, 1.82) is 0 Å². The Morgan fingerprint density at radius 2 is 1.74 bits per heavy atom. The molecule has 0 spiro atoms. The average molecular weight is 588 g/mol. The number of ether oxygens (including phenoxy) is 2. The number of aryl methyl sites for hydroxylation is 1. The van der Waals surface area contributed by atoms with Crippen LogP contribution in [-0.2, 0) is 0 Å². The molecule has 6 rings (SSSR count). The standard InChI is InChI=1S/C34H29N5O3S/c1-4-19-42-27-14-11-24(12-15-27)13-18-31-35-34-39(36-31)33(40)30(43-34)21-25-22-38(26-9-7-6-8-10-26)37-32(25)29-17-16-28(41-5-2)20-23(29)3/h4,6-18,20-22H,1,5,19H2,2-3H3/b18-13+,30-21-. The summed E-state index contributed by atoms with van der Waals surface area (Å²) in [5.41, 5.74) is 5.24. The number of hydrogen-bond donors (Lipinski definition) is 0. The first-order valence-electron chi connectivity index (χ1n) is 13.8. The molecule has 0 N–H and O–H groups in total. The lowest BCUT2D eigenvalue weighted by molar-refractivity contribution is 0.340. The second-order valence-corrected chi connectivity index (χ2v) is 10.7. The molecule has 0 fully saturated rings. The van der Waals surface area contributed by atoms with Crippen molar-refractivity contribution in [3.63, 3.8) is 0 Å². The minimum atomic E-state index is -0.224. The Morgan fingerprint density at radius 3 is 2.47 bits per heavy atom. The van der Waals surface area contributed by atoms with Crippen molar-refractivity contribution in [3.05, 3.63) is 129 Å². The molecule has 9 heteroatoms. The predicted molar refractivity (Wildman–Crippen MR) is 172 cm³/mol. The van der Waals surface area contributed by atoms with Gasteiger partial charge in [-0.2, -0.15) is 14.6 Å². The molecule has 0 saturated carbocycles. The highest BCUT2D eigenvalue weighted by molar-refractivity contribution is 7.15. The highest BCUT2D eigenvalue weighted by Crippen LogP contribution is 2.30.